The molecule has 0 unspecified atom stereocenters. The van der Waals surface area contributed by atoms with Gasteiger partial charge in [-0.15, -0.1) is 11.3 Å². The molecule has 2 aromatic heterocycles. The number of thiophene rings is 1. The summed E-state index contributed by atoms with van der Waals surface area (Å²) in [6.45, 7) is 1.72. The van der Waals surface area contributed by atoms with Gasteiger partial charge in [0.25, 0.3) is 5.91 Å². The van der Waals surface area contributed by atoms with Gasteiger partial charge in [0.2, 0.25) is 10.0 Å². The molecule has 1 N–H and O–H groups in total. The lowest BCUT2D eigenvalue weighted by molar-refractivity contribution is 0.101. The summed E-state index contributed by atoms with van der Waals surface area (Å²) < 4.78 is 28.0. The zero-order valence-corrected chi connectivity index (χ0v) is 19.4. The van der Waals surface area contributed by atoms with Gasteiger partial charge in [-0.1, -0.05) is 30.3 Å². The van der Waals surface area contributed by atoms with Crippen molar-refractivity contribution in [2.75, 3.05) is 19.4 Å². The highest BCUT2D eigenvalue weighted by molar-refractivity contribution is 7.89. The van der Waals surface area contributed by atoms with Crippen molar-refractivity contribution in [3.8, 4) is 16.3 Å². The fourth-order valence-corrected chi connectivity index (χ4v) is 5.03. The van der Waals surface area contributed by atoms with Crippen LogP contribution < -0.4 is 5.32 Å². The van der Waals surface area contributed by atoms with Crippen molar-refractivity contribution < 1.29 is 13.2 Å². The number of aryl methyl sites for hydroxylation is 1. The van der Waals surface area contributed by atoms with Gasteiger partial charge < -0.3 is 5.32 Å². The van der Waals surface area contributed by atoms with Crippen LogP contribution in [-0.4, -0.2) is 42.5 Å². The lowest BCUT2D eigenvalue weighted by Gasteiger charge is -2.15. The molecule has 0 atom stereocenters. The van der Waals surface area contributed by atoms with E-state index in [1.165, 1.54) is 31.5 Å². The lowest BCUT2D eigenvalue weighted by Crippen LogP contribution is -2.23. The Bertz CT molecular complexity index is 1360. The second-order valence-electron chi connectivity index (χ2n) is 7.36. The number of rotatable bonds is 6. The van der Waals surface area contributed by atoms with Gasteiger partial charge in [0.15, 0.2) is 0 Å². The zero-order chi connectivity index (χ0) is 22.9. The number of aromatic nitrogens is 2. The number of para-hydroxylation sites is 1. The second-order valence-corrected chi connectivity index (χ2v) is 10.4. The number of sulfonamides is 1. The SMILES string of the molecule is Cc1ccc(NC(=O)c2cc(-c3cccs3)nn2-c2ccccc2)cc1S(=O)(=O)N(C)C. The third-order valence-corrected chi connectivity index (χ3v) is 7.77. The Morgan fingerprint density at radius 1 is 1.03 bits per heavy atom. The molecule has 0 bridgehead atoms. The number of benzene rings is 2. The van der Waals surface area contributed by atoms with E-state index in [0.29, 0.717) is 22.6 Å². The van der Waals surface area contributed by atoms with Gasteiger partial charge in [-0.2, -0.15) is 5.10 Å². The molecule has 2 aromatic carbocycles. The van der Waals surface area contributed by atoms with Crippen molar-refractivity contribution in [2.45, 2.75) is 11.8 Å². The minimum atomic E-state index is -3.64. The smallest absolute Gasteiger partial charge is 0.274 e. The van der Waals surface area contributed by atoms with Crippen molar-refractivity contribution in [2.24, 2.45) is 0 Å². The first-order valence-corrected chi connectivity index (χ1v) is 12.1. The fraction of sp³-hybridized carbons (Fsp3) is 0.130. The summed E-state index contributed by atoms with van der Waals surface area (Å²) in [6, 6.07) is 19.8. The Morgan fingerprint density at radius 3 is 2.44 bits per heavy atom. The summed E-state index contributed by atoms with van der Waals surface area (Å²) in [5.41, 5.74) is 2.77. The minimum Gasteiger partial charge on any atom is -0.321 e. The highest BCUT2D eigenvalue weighted by Gasteiger charge is 2.22. The van der Waals surface area contributed by atoms with Crippen molar-refractivity contribution in [3.05, 3.63) is 83.4 Å². The number of amides is 1. The highest BCUT2D eigenvalue weighted by Crippen LogP contribution is 2.27. The molecule has 7 nitrogen and oxygen atoms in total. The highest BCUT2D eigenvalue weighted by atomic mass is 32.2. The van der Waals surface area contributed by atoms with Crippen LogP contribution in [0.3, 0.4) is 0 Å². The molecule has 0 aliphatic carbocycles. The summed E-state index contributed by atoms with van der Waals surface area (Å²) in [4.78, 5) is 14.3. The molecule has 2 heterocycles. The molecule has 0 saturated heterocycles. The molecule has 164 valence electrons. The molecule has 4 aromatic rings. The Morgan fingerprint density at radius 2 is 1.78 bits per heavy atom. The molecule has 0 aliphatic heterocycles. The fourth-order valence-electron chi connectivity index (χ4n) is 3.20. The molecule has 0 saturated carbocycles. The molecule has 0 spiro atoms. The maximum Gasteiger partial charge on any atom is 0.274 e. The molecule has 0 radical (unpaired) electrons. The second kappa shape index (κ2) is 8.70. The van der Waals surface area contributed by atoms with Gasteiger partial charge in [0, 0.05) is 19.8 Å². The van der Waals surface area contributed by atoms with E-state index in [9.17, 15) is 13.2 Å². The van der Waals surface area contributed by atoms with Gasteiger partial charge in [0.05, 0.1) is 15.5 Å². The zero-order valence-electron chi connectivity index (χ0n) is 17.8. The summed E-state index contributed by atoms with van der Waals surface area (Å²) in [7, 11) is -0.688. The van der Waals surface area contributed by atoms with E-state index in [1.54, 1.807) is 29.8 Å². The maximum atomic E-state index is 13.2. The number of carbonyl (C=O) groups is 1. The van der Waals surface area contributed by atoms with E-state index in [1.807, 2.05) is 47.8 Å². The summed E-state index contributed by atoms with van der Waals surface area (Å²) >= 11 is 1.54. The van der Waals surface area contributed by atoms with E-state index < -0.39 is 10.0 Å². The van der Waals surface area contributed by atoms with Gasteiger partial charge in [-0.3, -0.25) is 4.79 Å². The Labute approximate surface area is 191 Å². The van der Waals surface area contributed by atoms with Crippen LogP contribution in [0.5, 0.6) is 0 Å². The average molecular weight is 467 g/mol. The maximum absolute atomic E-state index is 13.2. The third kappa shape index (κ3) is 4.22. The Balaban J connectivity index is 1.73. The van der Waals surface area contributed by atoms with E-state index in [4.69, 9.17) is 0 Å². The number of carbonyl (C=O) groups excluding carboxylic acids is 1. The molecule has 9 heteroatoms. The quantitative estimate of drug-likeness (QED) is 0.456. The number of nitrogens with one attached hydrogen (secondary N) is 1. The van der Waals surface area contributed by atoms with E-state index >= 15 is 0 Å². The third-order valence-electron chi connectivity index (χ3n) is 4.92. The van der Waals surface area contributed by atoms with Crippen molar-refractivity contribution in [1.82, 2.24) is 14.1 Å². The first-order valence-electron chi connectivity index (χ1n) is 9.81. The van der Waals surface area contributed by atoms with Gasteiger partial charge in [0.1, 0.15) is 11.4 Å². The lowest BCUT2D eigenvalue weighted by atomic mass is 10.2. The summed E-state index contributed by atoms with van der Waals surface area (Å²) in [5.74, 6) is -0.388. The standard InChI is InChI=1S/C23H22N4O3S2/c1-16-11-12-17(14-22(16)32(29,30)26(2)3)24-23(28)20-15-19(21-10-7-13-31-21)25-27(20)18-8-5-4-6-9-18/h4-15H,1-3H3,(H,24,28). The largest absolute Gasteiger partial charge is 0.321 e. The number of nitrogens with zero attached hydrogens (tertiary/aromatic N) is 3. The first-order chi connectivity index (χ1) is 15.3. The molecular formula is C23H22N4O3S2. The normalized spacial score (nSPS) is 11.6. The molecule has 0 aliphatic rings. The number of hydrogen-bond acceptors (Lipinski definition) is 5. The first kappa shape index (κ1) is 21.9. The van der Waals surface area contributed by atoms with Crippen LogP contribution in [-0.2, 0) is 10.0 Å². The molecular weight excluding hydrogens is 444 g/mol. The average Bonchev–Trinajstić information content (AvgIpc) is 3.45. The van der Waals surface area contributed by atoms with Crippen molar-refractivity contribution in [3.63, 3.8) is 0 Å². The van der Waals surface area contributed by atoms with Crippen molar-refractivity contribution in [1.29, 1.82) is 0 Å². The topological polar surface area (TPSA) is 84.3 Å². The van der Waals surface area contributed by atoms with Gasteiger partial charge >= 0.3 is 0 Å². The predicted octanol–water partition coefficient (Wildman–Crippen LogP) is 4.41. The van der Waals surface area contributed by atoms with E-state index in [0.717, 1.165) is 14.9 Å². The van der Waals surface area contributed by atoms with Gasteiger partial charge in [-0.25, -0.2) is 17.4 Å². The van der Waals surface area contributed by atoms with Crippen LogP contribution in [0, 0.1) is 6.92 Å². The summed E-state index contributed by atoms with van der Waals surface area (Å²) in [6.07, 6.45) is 0. The monoisotopic (exact) mass is 466 g/mol. The Hall–Kier alpha value is -3.27. The van der Waals surface area contributed by atoms with Crippen molar-refractivity contribution >= 4 is 33.0 Å². The number of anilines is 1. The molecule has 1 amide bonds. The summed E-state index contributed by atoms with van der Waals surface area (Å²) in [5, 5.41) is 9.42. The van der Waals surface area contributed by atoms with E-state index in [-0.39, 0.29) is 10.8 Å². The van der Waals surface area contributed by atoms with Crippen LogP contribution in [0.15, 0.2) is 77.0 Å². The minimum absolute atomic E-state index is 0.149. The van der Waals surface area contributed by atoms with Crippen LogP contribution in [0.2, 0.25) is 0 Å². The molecule has 0 fully saturated rings. The number of hydrogen-bond donors (Lipinski definition) is 1. The molecule has 4 rings (SSSR count). The van der Waals surface area contributed by atoms with Crippen LogP contribution in [0.25, 0.3) is 16.3 Å². The van der Waals surface area contributed by atoms with Crippen LogP contribution in [0.1, 0.15) is 16.1 Å². The predicted molar refractivity (Wildman–Crippen MR) is 127 cm³/mol. The van der Waals surface area contributed by atoms with E-state index in [2.05, 4.69) is 10.4 Å². The molecule has 32 heavy (non-hydrogen) atoms. The van der Waals surface area contributed by atoms with Gasteiger partial charge in [-0.05, 0) is 54.3 Å². The Kier molecular flexibility index (Phi) is 5.96. The van der Waals surface area contributed by atoms with Crippen LogP contribution in [0.4, 0.5) is 5.69 Å². The van der Waals surface area contributed by atoms with Crippen LogP contribution >= 0.6 is 11.3 Å².